The molecule has 1 amide bonds. The number of rotatable bonds is 6. The number of esters is 1. The van der Waals surface area contributed by atoms with Crippen molar-refractivity contribution in [2.75, 3.05) is 6.54 Å². The largest absolute Gasteiger partial charge is 0.462 e. The molecule has 1 N–H and O–H groups in total. The average molecular weight is 508 g/mol. The quantitative estimate of drug-likeness (QED) is 0.412. The van der Waals surface area contributed by atoms with Gasteiger partial charge in [0, 0.05) is 26.8 Å². The summed E-state index contributed by atoms with van der Waals surface area (Å²) in [5.74, 6) is 2.28. The van der Waals surface area contributed by atoms with Crippen LogP contribution in [0.4, 0.5) is 0 Å². The van der Waals surface area contributed by atoms with Crippen molar-refractivity contribution in [2.45, 2.75) is 111 Å². The maximum atomic E-state index is 11.6. The maximum absolute atomic E-state index is 11.6. The van der Waals surface area contributed by atoms with Crippen molar-refractivity contribution < 1.29 is 14.3 Å². The molecule has 2 fully saturated rings. The molecule has 6 nitrogen and oxygen atoms in total. The predicted molar refractivity (Wildman–Crippen MR) is 144 cm³/mol. The first-order chi connectivity index (χ1) is 17.5. The van der Waals surface area contributed by atoms with Gasteiger partial charge < -0.3 is 10.1 Å². The SMILES string of the molecule is CC(=O)NC[C@H](C)CCc1nnc2c(c1C)[C@]1(C)CC[C@H]3[C@H](CC=C4C[C@@H](OC(C)=O)CC[C@@]43C)[C@@H]1C2. The van der Waals surface area contributed by atoms with E-state index in [1.165, 1.54) is 42.2 Å². The summed E-state index contributed by atoms with van der Waals surface area (Å²) in [4.78, 5) is 22.8. The molecule has 2 saturated carbocycles. The van der Waals surface area contributed by atoms with E-state index in [4.69, 9.17) is 14.9 Å². The summed E-state index contributed by atoms with van der Waals surface area (Å²) < 4.78 is 5.62. The van der Waals surface area contributed by atoms with Gasteiger partial charge in [-0.25, -0.2) is 0 Å². The molecule has 1 heterocycles. The van der Waals surface area contributed by atoms with Crippen LogP contribution in [-0.4, -0.2) is 34.7 Å². The van der Waals surface area contributed by atoms with E-state index in [-0.39, 0.29) is 28.8 Å². The minimum absolute atomic E-state index is 0.0332. The zero-order valence-corrected chi connectivity index (χ0v) is 23.7. The number of amides is 1. The van der Waals surface area contributed by atoms with Crippen molar-refractivity contribution in [2.24, 2.45) is 29.1 Å². The Morgan fingerprint density at radius 3 is 2.59 bits per heavy atom. The standard InChI is InChI=1S/C31H45N3O3/c1-18(17-32-20(3)35)7-10-27-19(2)29-28(34-33-27)16-26-24-9-8-22-15-23(37-21(4)36)11-13-30(22,5)25(24)12-14-31(26,29)6/h8,18,23-26H,7,9-17H2,1-6H3,(H,32,35)/t18-,23+,24+,25+,26+,30+,31-/m1/s1. The first-order valence-corrected chi connectivity index (χ1v) is 14.5. The van der Waals surface area contributed by atoms with Crippen LogP contribution in [0, 0.1) is 36.0 Å². The Kier molecular flexibility index (Phi) is 6.99. The van der Waals surface area contributed by atoms with Gasteiger partial charge in [0.2, 0.25) is 5.91 Å². The highest BCUT2D eigenvalue weighted by Gasteiger charge is 2.58. The number of hydrogen-bond donors (Lipinski definition) is 1. The second kappa shape index (κ2) is 9.81. The lowest BCUT2D eigenvalue weighted by Crippen LogP contribution is -2.51. The lowest BCUT2D eigenvalue weighted by Gasteiger charge is -2.57. The van der Waals surface area contributed by atoms with E-state index in [0.29, 0.717) is 30.2 Å². The summed E-state index contributed by atoms with van der Waals surface area (Å²) in [5, 5.41) is 12.5. The molecule has 0 spiro atoms. The summed E-state index contributed by atoms with van der Waals surface area (Å²) in [6.07, 6.45) is 12.2. The highest BCUT2D eigenvalue weighted by Crippen LogP contribution is 2.64. The molecule has 0 saturated heterocycles. The fourth-order valence-corrected chi connectivity index (χ4v) is 8.73. The normalized spacial score (nSPS) is 34.8. The van der Waals surface area contributed by atoms with Gasteiger partial charge in [0.25, 0.3) is 0 Å². The molecule has 0 aliphatic heterocycles. The van der Waals surface area contributed by atoms with Crippen LogP contribution in [0.5, 0.6) is 0 Å². The maximum Gasteiger partial charge on any atom is 0.302 e. The Hall–Kier alpha value is -2.24. The molecule has 0 aromatic carbocycles. The highest BCUT2D eigenvalue weighted by molar-refractivity contribution is 5.72. The first kappa shape index (κ1) is 26.4. The molecule has 7 atom stereocenters. The van der Waals surface area contributed by atoms with Crippen molar-refractivity contribution >= 4 is 11.9 Å². The predicted octanol–water partition coefficient (Wildman–Crippen LogP) is 5.40. The zero-order valence-electron chi connectivity index (χ0n) is 23.7. The molecule has 0 bridgehead atoms. The van der Waals surface area contributed by atoms with Crippen molar-refractivity contribution in [3.05, 3.63) is 34.2 Å². The molecular formula is C31H45N3O3. The van der Waals surface area contributed by atoms with Crippen molar-refractivity contribution in [3.63, 3.8) is 0 Å². The van der Waals surface area contributed by atoms with Crippen LogP contribution in [-0.2, 0) is 32.6 Å². The van der Waals surface area contributed by atoms with Gasteiger partial charge in [-0.15, -0.1) is 0 Å². The summed E-state index contributed by atoms with van der Waals surface area (Å²) in [6.45, 7) is 13.3. The van der Waals surface area contributed by atoms with Crippen LogP contribution in [0.1, 0.15) is 102 Å². The third kappa shape index (κ3) is 4.63. The summed E-state index contributed by atoms with van der Waals surface area (Å²) in [6, 6.07) is 0. The van der Waals surface area contributed by atoms with Gasteiger partial charge in [0.1, 0.15) is 6.10 Å². The number of fused-ring (bicyclic) bond motifs is 7. The topological polar surface area (TPSA) is 81.2 Å². The Balaban J connectivity index is 1.35. The molecule has 5 rings (SSSR count). The summed E-state index contributed by atoms with van der Waals surface area (Å²) in [5.41, 5.74) is 7.17. The van der Waals surface area contributed by atoms with Gasteiger partial charge in [0.05, 0.1) is 11.4 Å². The van der Waals surface area contributed by atoms with Gasteiger partial charge in [-0.1, -0.05) is 32.4 Å². The van der Waals surface area contributed by atoms with Crippen molar-refractivity contribution in [1.29, 1.82) is 0 Å². The number of hydrogen-bond acceptors (Lipinski definition) is 5. The second-order valence-corrected chi connectivity index (χ2v) is 13.1. The van der Waals surface area contributed by atoms with Crippen LogP contribution in [0.2, 0.25) is 0 Å². The van der Waals surface area contributed by atoms with E-state index in [9.17, 15) is 9.59 Å². The monoisotopic (exact) mass is 507 g/mol. The Morgan fingerprint density at radius 1 is 1.11 bits per heavy atom. The minimum atomic E-state index is -0.155. The van der Waals surface area contributed by atoms with Gasteiger partial charge in [-0.2, -0.15) is 10.2 Å². The van der Waals surface area contributed by atoms with Gasteiger partial charge in [-0.3, -0.25) is 9.59 Å². The Bertz CT molecular complexity index is 1110. The lowest BCUT2D eigenvalue weighted by molar-refractivity contribution is -0.148. The van der Waals surface area contributed by atoms with Crippen molar-refractivity contribution in [1.82, 2.24) is 15.5 Å². The Morgan fingerprint density at radius 2 is 1.86 bits per heavy atom. The number of aryl methyl sites for hydroxylation is 1. The number of ether oxygens (including phenoxy) is 1. The van der Waals surface area contributed by atoms with Crippen LogP contribution < -0.4 is 5.32 Å². The van der Waals surface area contributed by atoms with E-state index < -0.39 is 0 Å². The molecule has 1 aromatic rings. The number of allylic oxidation sites excluding steroid dienone is 1. The smallest absolute Gasteiger partial charge is 0.302 e. The van der Waals surface area contributed by atoms with Gasteiger partial charge in [0.15, 0.2) is 0 Å². The fraction of sp³-hybridized carbons (Fsp3) is 0.742. The molecule has 0 unspecified atom stereocenters. The molecule has 4 aliphatic rings. The van der Waals surface area contributed by atoms with Gasteiger partial charge in [-0.05, 0) is 104 Å². The van der Waals surface area contributed by atoms with E-state index in [0.717, 1.165) is 50.6 Å². The van der Waals surface area contributed by atoms with Crippen LogP contribution in [0.25, 0.3) is 0 Å². The molecule has 0 radical (unpaired) electrons. The third-order valence-corrected chi connectivity index (χ3v) is 10.7. The van der Waals surface area contributed by atoms with E-state index in [2.05, 4.69) is 39.1 Å². The molecule has 1 aromatic heterocycles. The summed E-state index contributed by atoms with van der Waals surface area (Å²) in [7, 11) is 0. The molecule has 4 aliphatic carbocycles. The van der Waals surface area contributed by atoms with E-state index in [1.54, 1.807) is 6.92 Å². The van der Waals surface area contributed by atoms with Crippen molar-refractivity contribution in [3.8, 4) is 0 Å². The number of carbonyl (C=O) groups excluding carboxylic acids is 2. The molecule has 37 heavy (non-hydrogen) atoms. The summed E-state index contributed by atoms with van der Waals surface area (Å²) >= 11 is 0. The van der Waals surface area contributed by atoms with Gasteiger partial charge >= 0.3 is 5.97 Å². The van der Waals surface area contributed by atoms with Crippen LogP contribution >= 0.6 is 0 Å². The number of aromatic nitrogens is 2. The third-order valence-electron chi connectivity index (χ3n) is 10.7. The first-order valence-electron chi connectivity index (χ1n) is 14.5. The number of nitrogens with zero attached hydrogens (tertiary/aromatic N) is 2. The van der Waals surface area contributed by atoms with E-state index in [1.807, 2.05) is 0 Å². The van der Waals surface area contributed by atoms with Crippen LogP contribution in [0.15, 0.2) is 11.6 Å². The minimum Gasteiger partial charge on any atom is -0.462 e. The second-order valence-electron chi connectivity index (χ2n) is 13.1. The zero-order chi connectivity index (χ0) is 26.5. The number of nitrogens with one attached hydrogen (secondary N) is 1. The molecule has 6 heteroatoms. The Labute approximate surface area is 222 Å². The molecule has 202 valence electrons. The number of carbonyl (C=O) groups is 2. The van der Waals surface area contributed by atoms with E-state index >= 15 is 0 Å². The molecular weight excluding hydrogens is 462 g/mol. The van der Waals surface area contributed by atoms with Crippen LogP contribution in [0.3, 0.4) is 0 Å². The fourth-order valence-electron chi connectivity index (χ4n) is 8.73. The average Bonchev–Trinajstić information content (AvgIpc) is 3.15. The highest BCUT2D eigenvalue weighted by atomic mass is 16.5. The lowest BCUT2D eigenvalue weighted by atomic mass is 9.47.